The van der Waals surface area contributed by atoms with E-state index in [1.54, 1.807) is 24.3 Å². The van der Waals surface area contributed by atoms with E-state index in [-0.39, 0.29) is 12.1 Å². The van der Waals surface area contributed by atoms with Crippen LogP contribution in [0.15, 0.2) is 42.7 Å². The molecule has 0 bridgehead atoms. The first-order chi connectivity index (χ1) is 14.5. The highest BCUT2D eigenvalue weighted by atomic mass is 32.2. The minimum atomic E-state index is -4.63. The van der Waals surface area contributed by atoms with Crippen molar-refractivity contribution in [1.82, 2.24) is 24.3 Å². The Morgan fingerprint density at radius 1 is 1.16 bits per heavy atom. The van der Waals surface area contributed by atoms with Crippen molar-refractivity contribution < 1.29 is 21.6 Å². The van der Waals surface area contributed by atoms with Gasteiger partial charge in [0.05, 0.1) is 23.7 Å². The lowest BCUT2D eigenvalue weighted by atomic mass is 10.1. The predicted molar refractivity (Wildman–Crippen MR) is 111 cm³/mol. The fourth-order valence-corrected chi connectivity index (χ4v) is 4.18. The third-order valence-corrected chi connectivity index (χ3v) is 5.96. The molecule has 4 aromatic rings. The van der Waals surface area contributed by atoms with E-state index >= 15 is 0 Å². The fourth-order valence-electron chi connectivity index (χ4n) is 2.88. The number of benzene rings is 1. The molecule has 0 amide bonds. The van der Waals surface area contributed by atoms with Crippen LogP contribution >= 0.6 is 11.3 Å². The molecule has 31 heavy (non-hydrogen) atoms. The molecule has 162 valence electrons. The van der Waals surface area contributed by atoms with Crippen LogP contribution < -0.4 is 10.5 Å². The second-order valence-electron chi connectivity index (χ2n) is 6.69. The molecule has 13 heteroatoms. The molecular weight excluding hydrogens is 453 g/mol. The average molecular weight is 468 g/mol. The number of pyridine rings is 1. The number of nitrogen functional groups attached to an aromatic ring is 1. The van der Waals surface area contributed by atoms with Crippen molar-refractivity contribution in [2.75, 3.05) is 12.0 Å². The topological polar surface area (TPSA) is 115 Å². The number of rotatable bonds is 5. The molecule has 0 atom stereocenters. The van der Waals surface area contributed by atoms with Crippen molar-refractivity contribution in [3.63, 3.8) is 0 Å². The summed E-state index contributed by atoms with van der Waals surface area (Å²) in [6, 6.07) is 8.03. The number of halogens is 3. The molecular formula is C18H15F3N6O2S2. The number of fused-ring (bicyclic) bond motifs is 1. The largest absolute Gasteiger partial charge is 0.419 e. The Morgan fingerprint density at radius 3 is 2.65 bits per heavy atom. The summed E-state index contributed by atoms with van der Waals surface area (Å²) < 4.78 is 66.0. The molecule has 4 rings (SSSR count). The van der Waals surface area contributed by atoms with E-state index in [2.05, 4.69) is 19.8 Å². The van der Waals surface area contributed by atoms with Crippen LogP contribution in [0.1, 0.15) is 11.1 Å². The van der Waals surface area contributed by atoms with Crippen LogP contribution in [0, 0.1) is 0 Å². The van der Waals surface area contributed by atoms with Gasteiger partial charge in [0, 0.05) is 23.9 Å². The molecule has 0 aliphatic carbocycles. The van der Waals surface area contributed by atoms with E-state index in [1.807, 2.05) is 0 Å². The van der Waals surface area contributed by atoms with Gasteiger partial charge in [0.15, 0.2) is 0 Å². The van der Waals surface area contributed by atoms with Crippen LogP contribution in [-0.4, -0.2) is 34.3 Å². The lowest BCUT2D eigenvalue weighted by molar-refractivity contribution is -0.137. The highest BCUT2D eigenvalue weighted by molar-refractivity contribution is 7.88. The minimum Gasteiger partial charge on any atom is -0.383 e. The highest BCUT2D eigenvalue weighted by Crippen LogP contribution is 2.36. The molecule has 0 unspecified atom stereocenters. The molecule has 0 spiro atoms. The summed E-state index contributed by atoms with van der Waals surface area (Å²) in [7, 11) is -3.34. The second kappa shape index (κ2) is 7.59. The van der Waals surface area contributed by atoms with Gasteiger partial charge in [-0.25, -0.2) is 27.6 Å². The number of sulfonamides is 1. The van der Waals surface area contributed by atoms with Crippen molar-refractivity contribution >= 4 is 32.1 Å². The SMILES string of the molecule is CS(=O)(=O)NCc1cccc(-c2nn3c(-c4cnc(N)c(C(F)(F)F)c4)cnc3s2)c1. The van der Waals surface area contributed by atoms with Gasteiger partial charge in [0.25, 0.3) is 0 Å². The predicted octanol–water partition coefficient (Wildman–Crippen LogP) is 3.17. The Hall–Kier alpha value is -3.03. The maximum atomic E-state index is 13.2. The average Bonchev–Trinajstić information content (AvgIpc) is 3.27. The summed E-state index contributed by atoms with van der Waals surface area (Å²) in [6.07, 6.45) is -0.901. The molecule has 0 saturated carbocycles. The molecule has 0 aliphatic rings. The maximum absolute atomic E-state index is 13.2. The molecule has 3 heterocycles. The lowest BCUT2D eigenvalue weighted by Crippen LogP contribution is -2.21. The van der Waals surface area contributed by atoms with E-state index in [4.69, 9.17) is 5.73 Å². The van der Waals surface area contributed by atoms with Gasteiger partial charge in [-0.3, -0.25) is 0 Å². The number of imidazole rings is 1. The first-order valence-electron chi connectivity index (χ1n) is 8.73. The molecule has 0 radical (unpaired) electrons. The number of anilines is 1. The molecule has 0 saturated heterocycles. The summed E-state index contributed by atoms with van der Waals surface area (Å²) in [5.41, 5.74) is 6.32. The van der Waals surface area contributed by atoms with Crippen molar-refractivity contribution in [2.45, 2.75) is 12.7 Å². The van der Waals surface area contributed by atoms with Crippen LogP contribution in [-0.2, 0) is 22.7 Å². The van der Waals surface area contributed by atoms with E-state index in [9.17, 15) is 21.6 Å². The number of nitrogens with two attached hydrogens (primary N) is 1. The van der Waals surface area contributed by atoms with Gasteiger partial charge < -0.3 is 5.73 Å². The summed E-state index contributed by atoms with van der Waals surface area (Å²) in [5, 5.41) is 5.05. The Balaban J connectivity index is 1.71. The number of aromatic nitrogens is 4. The van der Waals surface area contributed by atoms with Gasteiger partial charge in [0.2, 0.25) is 15.0 Å². The fraction of sp³-hybridized carbons (Fsp3) is 0.167. The highest BCUT2D eigenvalue weighted by Gasteiger charge is 2.34. The number of hydrogen-bond donors (Lipinski definition) is 2. The van der Waals surface area contributed by atoms with Gasteiger partial charge in [-0.2, -0.15) is 18.3 Å². The molecule has 1 aromatic carbocycles. The zero-order valence-corrected chi connectivity index (χ0v) is 17.5. The summed E-state index contributed by atoms with van der Waals surface area (Å²) in [4.78, 5) is 8.38. The van der Waals surface area contributed by atoms with Crippen molar-refractivity contribution in [2.24, 2.45) is 0 Å². The first kappa shape index (κ1) is 21.2. The number of alkyl halides is 3. The molecule has 8 nitrogen and oxygen atoms in total. The van der Waals surface area contributed by atoms with Crippen LogP contribution in [0.4, 0.5) is 19.0 Å². The van der Waals surface area contributed by atoms with Gasteiger partial charge in [-0.15, -0.1) is 0 Å². The van der Waals surface area contributed by atoms with Gasteiger partial charge in [-0.1, -0.05) is 29.5 Å². The third-order valence-electron chi connectivity index (χ3n) is 4.32. The number of hydrogen-bond acceptors (Lipinski definition) is 7. The minimum absolute atomic E-state index is 0.123. The molecule has 0 fully saturated rings. The zero-order valence-electron chi connectivity index (χ0n) is 15.9. The monoisotopic (exact) mass is 468 g/mol. The Morgan fingerprint density at radius 2 is 1.94 bits per heavy atom. The van der Waals surface area contributed by atoms with Crippen LogP contribution in [0.2, 0.25) is 0 Å². The number of nitrogens with one attached hydrogen (secondary N) is 1. The van der Waals surface area contributed by atoms with Crippen molar-refractivity contribution in [3.05, 3.63) is 53.9 Å². The molecule has 3 N–H and O–H groups in total. The normalized spacial score (nSPS) is 12.5. The van der Waals surface area contributed by atoms with E-state index in [0.29, 0.717) is 15.7 Å². The van der Waals surface area contributed by atoms with E-state index in [1.165, 1.54) is 28.2 Å². The second-order valence-corrected chi connectivity index (χ2v) is 9.48. The third kappa shape index (κ3) is 4.52. The van der Waals surface area contributed by atoms with Gasteiger partial charge >= 0.3 is 6.18 Å². The van der Waals surface area contributed by atoms with Crippen LogP contribution in [0.25, 0.3) is 26.8 Å². The maximum Gasteiger partial charge on any atom is 0.419 e. The molecule has 0 aliphatic heterocycles. The Labute approximate surface area is 178 Å². The lowest BCUT2D eigenvalue weighted by Gasteiger charge is -2.10. The number of nitrogens with zero attached hydrogens (tertiary/aromatic N) is 4. The van der Waals surface area contributed by atoms with Crippen molar-refractivity contribution in [3.8, 4) is 21.8 Å². The summed E-state index contributed by atoms with van der Waals surface area (Å²) >= 11 is 1.25. The Kier molecular flexibility index (Phi) is 5.19. The van der Waals surface area contributed by atoms with E-state index in [0.717, 1.165) is 23.4 Å². The first-order valence-corrected chi connectivity index (χ1v) is 11.4. The van der Waals surface area contributed by atoms with Gasteiger partial charge in [0.1, 0.15) is 10.8 Å². The van der Waals surface area contributed by atoms with Crippen LogP contribution in [0.3, 0.4) is 0 Å². The van der Waals surface area contributed by atoms with E-state index < -0.39 is 27.6 Å². The smallest absolute Gasteiger partial charge is 0.383 e. The standard InChI is InChI=1S/C18H15F3N6O2S2/c1-31(28,29)25-7-10-3-2-4-11(5-10)16-26-27-14(9-24-17(27)30-16)12-6-13(18(19,20)21)15(22)23-8-12/h2-6,8-9,25H,7H2,1H3,(H2,22,23). The molecule has 3 aromatic heterocycles. The summed E-state index contributed by atoms with van der Waals surface area (Å²) in [5.74, 6) is -0.601. The zero-order chi connectivity index (χ0) is 22.4. The quantitative estimate of drug-likeness (QED) is 0.465. The Bertz CT molecular complexity index is 1380. The van der Waals surface area contributed by atoms with Crippen LogP contribution in [0.5, 0.6) is 0 Å². The van der Waals surface area contributed by atoms with Gasteiger partial charge in [-0.05, 0) is 17.7 Å². The summed E-state index contributed by atoms with van der Waals surface area (Å²) in [6.45, 7) is 0.123. The van der Waals surface area contributed by atoms with Crippen molar-refractivity contribution in [1.29, 1.82) is 0 Å².